The van der Waals surface area contributed by atoms with Gasteiger partial charge in [0, 0.05) is 21.5 Å². The predicted molar refractivity (Wildman–Crippen MR) is 85.7 cm³/mol. The summed E-state index contributed by atoms with van der Waals surface area (Å²) in [4.78, 5) is 25.6. The molecule has 1 saturated heterocycles. The molecule has 2 N–H and O–H groups in total. The number of amides is 2. The molecule has 1 saturated carbocycles. The number of carboxylic acids is 1. The number of anilines is 1. The molecular weight excluding hydrogens is 404 g/mol. The summed E-state index contributed by atoms with van der Waals surface area (Å²) in [5.41, 5.74) is 0.368. The zero-order valence-corrected chi connectivity index (χ0v) is 14.3. The number of benzene rings is 1. The van der Waals surface area contributed by atoms with Gasteiger partial charge in [-0.15, -0.1) is 0 Å². The monoisotopic (exact) mass is 416 g/mol. The average molecular weight is 418 g/mol. The number of rotatable bonds is 2. The highest BCUT2D eigenvalue weighted by atomic mass is 79.9. The fraction of sp³-hybridized carbons (Fsp3) is 0.429. The van der Waals surface area contributed by atoms with Crippen molar-refractivity contribution >= 4 is 49.5 Å². The van der Waals surface area contributed by atoms with E-state index in [9.17, 15) is 14.7 Å². The second-order valence-corrected chi connectivity index (χ2v) is 7.30. The third kappa shape index (κ3) is 2.81. The van der Waals surface area contributed by atoms with Gasteiger partial charge in [0.15, 0.2) is 0 Å². The van der Waals surface area contributed by atoms with Gasteiger partial charge in [0.1, 0.15) is 0 Å². The van der Waals surface area contributed by atoms with E-state index < -0.39 is 5.97 Å². The summed E-state index contributed by atoms with van der Waals surface area (Å²) >= 11 is 6.58. The van der Waals surface area contributed by atoms with Gasteiger partial charge < -0.3 is 15.3 Å². The molecule has 2 fully saturated rings. The molecule has 3 rings (SSSR count). The van der Waals surface area contributed by atoms with E-state index in [2.05, 4.69) is 37.2 Å². The maximum absolute atomic E-state index is 12.4. The third-order valence-corrected chi connectivity index (χ3v) is 5.27. The molecule has 1 aliphatic heterocycles. The van der Waals surface area contributed by atoms with Crippen LogP contribution >= 0.6 is 31.9 Å². The van der Waals surface area contributed by atoms with Crippen LogP contribution < -0.4 is 5.32 Å². The highest BCUT2D eigenvalue weighted by Gasteiger charge is 2.40. The molecule has 1 aromatic carbocycles. The molecule has 2 amide bonds. The van der Waals surface area contributed by atoms with E-state index in [-0.39, 0.29) is 11.6 Å². The Morgan fingerprint density at radius 1 is 1.29 bits per heavy atom. The molecule has 2 atom stereocenters. The maximum atomic E-state index is 12.4. The molecule has 0 aromatic heterocycles. The van der Waals surface area contributed by atoms with Crippen LogP contribution in [0.15, 0.2) is 21.1 Å². The number of fused-ring (bicyclic) bond motifs is 2. The fourth-order valence-corrected chi connectivity index (χ4v) is 4.55. The van der Waals surface area contributed by atoms with Crippen LogP contribution in [-0.2, 0) is 0 Å². The number of aromatic carboxylic acids is 1. The first-order valence-corrected chi connectivity index (χ1v) is 8.34. The standard InChI is InChI=1S/C14H14Br2N2O3/c15-8-4-10(13(19)20)12(11(16)5-8)17-14(21)18-6-7-1-2-9(18)3-7/h4-5,7,9H,1-3,6H2,(H,17,21)(H,19,20). The molecule has 0 radical (unpaired) electrons. The van der Waals surface area contributed by atoms with Crippen LogP contribution in [0.4, 0.5) is 10.5 Å². The Morgan fingerprint density at radius 3 is 2.62 bits per heavy atom. The van der Waals surface area contributed by atoms with Crippen LogP contribution in [0.3, 0.4) is 0 Å². The van der Waals surface area contributed by atoms with Crippen molar-refractivity contribution in [3.63, 3.8) is 0 Å². The largest absolute Gasteiger partial charge is 0.478 e. The number of carbonyl (C=O) groups is 2. The van der Waals surface area contributed by atoms with Crippen molar-refractivity contribution in [1.29, 1.82) is 0 Å². The lowest BCUT2D eigenvalue weighted by atomic mass is 10.1. The van der Waals surface area contributed by atoms with Crippen molar-refractivity contribution in [2.24, 2.45) is 5.92 Å². The lowest BCUT2D eigenvalue weighted by molar-refractivity contribution is 0.0698. The summed E-state index contributed by atoms with van der Waals surface area (Å²) in [5.74, 6) is -0.469. The van der Waals surface area contributed by atoms with Crippen LogP contribution in [-0.4, -0.2) is 34.6 Å². The number of halogens is 2. The zero-order valence-electron chi connectivity index (χ0n) is 11.1. The van der Waals surface area contributed by atoms with E-state index in [0.717, 1.165) is 19.4 Å². The first-order valence-electron chi connectivity index (χ1n) is 6.75. The topological polar surface area (TPSA) is 69.6 Å². The molecule has 2 aliphatic rings. The molecule has 1 heterocycles. The van der Waals surface area contributed by atoms with Gasteiger partial charge in [0.2, 0.25) is 0 Å². The van der Waals surface area contributed by atoms with Crippen molar-refractivity contribution in [3.8, 4) is 0 Å². The minimum atomic E-state index is -1.07. The fourth-order valence-electron chi connectivity index (χ4n) is 3.22. The number of likely N-dealkylation sites (tertiary alicyclic amines) is 1. The van der Waals surface area contributed by atoms with Gasteiger partial charge in [-0.2, -0.15) is 0 Å². The van der Waals surface area contributed by atoms with Gasteiger partial charge in [0.05, 0.1) is 11.3 Å². The Hall–Kier alpha value is -1.08. The SMILES string of the molecule is O=C(O)c1cc(Br)cc(Br)c1NC(=O)N1CC2CCC1C2. The number of piperidine rings is 1. The van der Waals surface area contributed by atoms with Crippen LogP contribution in [0.2, 0.25) is 0 Å². The molecule has 1 aromatic rings. The smallest absolute Gasteiger partial charge is 0.337 e. The van der Waals surface area contributed by atoms with Crippen LogP contribution in [0.25, 0.3) is 0 Å². The normalized spacial score (nSPS) is 23.4. The Labute approximate surface area is 139 Å². The van der Waals surface area contributed by atoms with Crippen molar-refractivity contribution in [2.75, 3.05) is 11.9 Å². The lowest BCUT2D eigenvalue weighted by Gasteiger charge is -2.27. The Bertz CT molecular complexity index is 620. The second kappa shape index (κ2) is 5.61. The number of nitrogens with zero attached hydrogens (tertiary/aromatic N) is 1. The minimum absolute atomic E-state index is 0.0638. The van der Waals surface area contributed by atoms with Crippen LogP contribution in [0.5, 0.6) is 0 Å². The first kappa shape index (κ1) is 14.8. The van der Waals surface area contributed by atoms with Gasteiger partial charge in [-0.25, -0.2) is 9.59 Å². The summed E-state index contributed by atoms with van der Waals surface area (Å²) < 4.78 is 1.19. The molecule has 112 valence electrons. The molecule has 21 heavy (non-hydrogen) atoms. The number of carbonyl (C=O) groups excluding carboxylic acids is 1. The average Bonchev–Trinajstić information content (AvgIpc) is 3.03. The molecule has 5 nitrogen and oxygen atoms in total. The summed E-state index contributed by atoms with van der Waals surface area (Å²) in [6.07, 6.45) is 3.31. The van der Waals surface area contributed by atoms with E-state index >= 15 is 0 Å². The van der Waals surface area contributed by atoms with Crippen molar-refractivity contribution in [1.82, 2.24) is 4.90 Å². The Balaban J connectivity index is 1.84. The van der Waals surface area contributed by atoms with Gasteiger partial charge in [-0.05, 0) is 53.2 Å². The van der Waals surface area contributed by atoms with E-state index in [1.807, 2.05) is 4.90 Å². The Morgan fingerprint density at radius 2 is 2.05 bits per heavy atom. The van der Waals surface area contributed by atoms with E-state index in [1.165, 1.54) is 12.5 Å². The number of carboxylic acid groups (broad SMARTS) is 1. The molecule has 0 spiro atoms. The number of nitrogens with one attached hydrogen (secondary N) is 1. The van der Waals surface area contributed by atoms with Crippen molar-refractivity contribution < 1.29 is 14.7 Å². The number of hydrogen-bond acceptors (Lipinski definition) is 2. The Kier molecular flexibility index (Phi) is 3.96. The molecule has 7 heteroatoms. The summed E-state index contributed by atoms with van der Waals surface area (Å²) in [6, 6.07) is 3.29. The number of urea groups is 1. The highest BCUT2D eigenvalue weighted by Crippen LogP contribution is 2.38. The maximum Gasteiger partial charge on any atom is 0.337 e. The zero-order chi connectivity index (χ0) is 15.1. The van der Waals surface area contributed by atoms with Crippen LogP contribution in [0, 0.1) is 5.92 Å². The first-order chi connectivity index (χ1) is 9.95. The van der Waals surface area contributed by atoms with E-state index in [0.29, 0.717) is 26.6 Å². The van der Waals surface area contributed by atoms with E-state index in [4.69, 9.17) is 0 Å². The van der Waals surface area contributed by atoms with Gasteiger partial charge in [-0.3, -0.25) is 0 Å². The predicted octanol–water partition coefficient (Wildman–Crippen LogP) is 3.93. The highest BCUT2D eigenvalue weighted by molar-refractivity contribution is 9.11. The van der Waals surface area contributed by atoms with Crippen molar-refractivity contribution in [3.05, 3.63) is 26.6 Å². The van der Waals surface area contributed by atoms with Crippen LogP contribution in [0.1, 0.15) is 29.6 Å². The van der Waals surface area contributed by atoms with E-state index in [1.54, 1.807) is 6.07 Å². The van der Waals surface area contributed by atoms with Gasteiger partial charge in [-0.1, -0.05) is 15.9 Å². The third-order valence-electron chi connectivity index (χ3n) is 4.19. The van der Waals surface area contributed by atoms with Gasteiger partial charge >= 0.3 is 12.0 Å². The summed E-state index contributed by atoms with van der Waals surface area (Å²) in [7, 11) is 0. The van der Waals surface area contributed by atoms with Gasteiger partial charge in [0.25, 0.3) is 0 Å². The molecule has 2 unspecified atom stereocenters. The lowest BCUT2D eigenvalue weighted by Crippen LogP contribution is -2.40. The van der Waals surface area contributed by atoms with Crippen molar-refractivity contribution in [2.45, 2.75) is 25.3 Å². The second-order valence-electron chi connectivity index (χ2n) is 5.53. The molecule has 2 bridgehead atoms. The molecule has 1 aliphatic carbocycles. The summed E-state index contributed by atoms with van der Waals surface area (Å²) in [5, 5.41) is 12.0. The number of hydrogen-bond donors (Lipinski definition) is 2. The molecular formula is C14H14Br2N2O3. The quantitative estimate of drug-likeness (QED) is 0.765. The minimum Gasteiger partial charge on any atom is -0.478 e. The summed E-state index contributed by atoms with van der Waals surface area (Å²) in [6.45, 7) is 0.771.